The second kappa shape index (κ2) is 6.79. The second-order valence-corrected chi connectivity index (χ2v) is 5.67. The van der Waals surface area contributed by atoms with Gasteiger partial charge in [0.1, 0.15) is 0 Å². The molecule has 21 heavy (non-hydrogen) atoms. The Balaban J connectivity index is 2.40. The van der Waals surface area contributed by atoms with Crippen LogP contribution in [0.15, 0.2) is 24.3 Å². The van der Waals surface area contributed by atoms with Gasteiger partial charge in [-0.2, -0.15) is 13.2 Å². The second-order valence-electron chi connectivity index (χ2n) is 5.67. The molecule has 1 fully saturated rings. The number of benzene rings is 1. The Hall–Kier alpha value is -1.07. The largest absolute Gasteiger partial charge is 0.416 e. The van der Waals surface area contributed by atoms with Crippen LogP contribution in [-0.4, -0.2) is 31.6 Å². The summed E-state index contributed by atoms with van der Waals surface area (Å²) in [6.45, 7) is 4.53. The summed E-state index contributed by atoms with van der Waals surface area (Å²) in [5.41, 5.74) is -0.0599. The molecule has 5 heteroatoms. The van der Waals surface area contributed by atoms with Gasteiger partial charge in [-0.15, -0.1) is 0 Å². The average Bonchev–Trinajstić information content (AvgIpc) is 2.81. The molecule has 2 atom stereocenters. The van der Waals surface area contributed by atoms with E-state index < -0.39 is 11.7 Å². The Morgan fingerprint density at radius 1 is 1.29 bits per heavy atom. The first-order valence-corrected chi connectivity index (χ1v) is 7.53. The molecule has 2 nitrogen and oxygen atoms in total. The van der Waals surface area contributed by atoms with Gasteiger partial charge in [-0.3, -0.25) is 4.90 Å². The third-order valence-electron chi connectivity index (χ3n) is 4.19. The number of likely N-dealkylation sites (tertiary alicyclic amines) is 1. The zero-order valence-electron chi connectivity index (χ0n) is 12.6. The number of alkyl halides is 3. The van der Waals surface area contributed by atoms with Gasteiger partial charge in [0.25, 0.3) is 0 Å². The van der Waals surface area contributed by atoms with Crippen LogP contribution in [0.3, 0.4) is 0 Å². The normalized spacial score (nSPS) is 23.7. The maximum Gasteiger partial charge on any atom is 0.416 e. The third-order valence-corrected chi connectivity index (χ3v) is 4.19. The Morgan fingerprint density at radius 3 is 2.62 bits per heavy atom. The molecule has 1 saturated heterocycles. The molecule has 1 aliphatic heterocycles. The first kappa shape index (κ1) is 16.3. The van der Waals surface area contributed by atoms with Gasteiger partial charge in [0.05, 0.1) is 5.56 Å². The third kappa shape index (κ3) is 3.58. The molecule has 0 bridgehead atoms. The summed E-state index contributed by atoms with van der Waals surface area (Å²) in [5.74, 6) is 0.227. The lowest BCUT2D eigenvalue weighted by molar-refractivity contribution is -0.138. The maximum absolute atomic E-state index is 13.3. The minimum atomic E-state index is -4.29. The number of halogens is 3. The van der Waals surface area contributed by atoms with Crippen LogP contribution in [0.25, 0.3) is 0 Å². The topological polar surface area (TPSA) is 15.3 Å². The van der Waals surface area contributed by atoms with E-state index in [4.69, 9.17) is 0 Å². The molecule has 0 radical (unpaired) electrons. The molecule has 2 unspecified atom stereocenters. The summed E-state index contributed by atoms with van der Waals surface area (Å²) >= 11 is 0. The summed E-state index contributed by atoms with van der Waals surface area (Å²) in [5, 5.41) is 3.12. The highest BCUT2D eigenvalue weighted by Gasteiger charge is 2.41. The fourth-order valence-electron chi connectivity index (χ4n) is 3.40. The van der Waals surface area contributed by atoms with Gasteiger partial charge in [-0.05, 0) is 57.1 Å². The van der Waals surface area contributed by atoms with Gasteiger partial charge in [0.2, 0.25) is 0 Å². The van der Waals surface area contributed by atoms with Crippen LogP contribution in [0.4, 0.5) is 13.2 Å². The van der Waals surface area contributed by atoms with E-state index >= 15 is 0 Å². The van der Waals surface area contributed by atoms with E-state index in [0.29, 0.717) is 5.56 Å². The summed E-state index contributed by atoms with van der Waals surface area (Å²) in [4.78, 5) is 2.20. The molecule has 0 spiro atoms. The predicted molar refractivity (Wildman–Crippen MR) is 78.1 cm³/mol. The summed E-state index contributed by atoms with van der Waals surface area (Å²) in [6.07, 6.45) is -2.39. The monoisotopic (exact) mass is 300 g/mol. The van der Waals surface area contributed by atoms with Crippen LogP contribution >= 0.6 is 0 Å². The highest BCUT2D eigenvalue weighted by atomic mass is 19.4. The predicted octanol–water partition coefficient (Wildman–Crippen LogP) is 3.70. The van der Waals surface area contributed by atoms with Crippen LogP contribution in [-0.2, 0) is 6.18 Å². The van der Waals surface area contributed by atoms with Gasteiger partial charge in [-0.25, -0.2) is 0 Å². The maximum atomic E-state index is 13.3. The van der Waals surface area contributed by atoms with Crippen molar-refractivity contribution in [3.63, 3.8) is 0 Å². The lowest BCUT2D eigenvalue weighted by atomic mass is 9.90. The number of hydrogen-bond acceptors (Lipinski definition) is 2. The fourth-order valence-corrected chi connectivity index (χ4v) is 3.40. The molecule has 0 amide bonds. The van der Waals surface area contributed by atoms with Crippen molar-refractivity contribution in [1.82, 2.24) is 10.2 Å². The standard InChI is InChI=1S/C16H23F3N2/c1-3-9-21-10-8-12(11-20-2)15(21)13-6-4-5-7-14(13)16(17,18)19/h4-7,12,15,20H,3,8-11H2,1-2H3. The number of rotatable bonds is 5. The van der Waals surface area contributed by atoms with Crippen molar-refractivity contribution in [2.75, 3.05) is 26.7 Å². The Bertz CT molecular complexity index is 445. The van der Waals surface area contributed by atoms with E-state index in [2.05, 4.69) is 17.1 Å². The molecule has 2 rings (SSSR count). The van der Waals surface area contributed by atoms with E-state index in [-0.39, 0.29) is 12.0 Å². The molecule has 1 N–H and O–H groups in total. The van der Waals surface area contributed by atoms with Crippen molar-refractivity contribution in [3.8, 4) is 0 Å². The number of hydrogen-bond donors (Lipinski definition) is 1. The lowest BCUT2D eigenvalue weighted by Gasteiger charge is -2.30. The van der Waals surface area contributed by atoms with E-state index in [1.165, 1.54) is 12.1 Å². The average molecular weight is 300 g/mol. The number of nitrogens with zero attached hydrogens (tertiary/aromatic N) is 1. The molecule has 0 aliphatic carbocycles. The fraction of sp³-hybridized carbons (Fsp3) is 0.625. The molecule has 1 aliphatic rings. The smallest absolute Gasteiger partial charge is 0.319 e. The quantitative estimate of drug-likeness (QED) is 0.892. The SMILES string of the molecule is CCCN1CCC(CNC)C1c1ccccc1C(F)(F)F. The molecular formula is C16H23F3N2. The molecular weight excluding hydrogens is 277 g/mol. The summed E-state index contributed by atoms with van der Waals surface area (Å²) in [7, 11) is 1.86. The van der Waals surface area contributed by atoms with Gasteiger partial charge in [0.15, 0.2) is 0 Å². The minimum absolute atomic E-state index is 0.143. The first-order valence-electron chi connectivity index (χ1n) is 7.53. The molecule has 0 aromatic heterocycles. The van der Waals surface area contributed by atoms with E-state index in [1.54, 1.807) is 12.1 Å². The van der Waals surface area contributed by atoms with E-state index in [1.807, 2.05) is 7.05 Å². The van der Waals surface area contributed by atoms with Gasteiger partial charge < -0.3 is 5.32 Å². The van der Waals surface area contributed by atoms with Crippen LogP contribution in [0.5, 0.6) is 0 Å². The van der Waals surface area contributed by atoms with Crippen molar-refractivity contribution >= 4 is 0 Å². The first-order chi connectivity index (χ1) is 9.99. The van der Waals surface area contributed by atoms with E-state index in [0.717, 1.165) is 32.5 Å². The zero-order chi connectivity index (χ0) is 15.5. The van der Waals surface area contributed by atoms with Crippen molar-refractivity contribution in [2.24, 2.45) is 5.92 Å². The van der Waals surface area contributed by atoms with E-state index in [9.17, 15) is 13.2 Å². The molecule has 0 saturated carbocycles. The minimum Gasteiger partial charge on any atom is -0.319 e. The lowest BCUT2D eigenvalue weighted by Crippen LogP contribution is -2.31. The summed E-state index contributed by atoms with van der Waals surface area (Å²) in [6, 6.07) is 5.88. The van der Waals surface area contributed by atoms with Crippen LogP contribution < -0.4 is 5.32 Å². The van der Waals surface area contributed by atoms with Crippen LogP contribution in [0, 0.1) is 5.92 Å². The highest BCUT2D eigenvalue weighted by molar-refractivity contribution is 5.33. The van der Waals surface area contributed by atoms with Crippen molar-refractivity contribution in [3.05, 3.63) is 35.4 Å². The van der Waals surface area contributed by atoms with Crippen molar-refractivity contribution < 1.29 is 13.2 Å². The molecule has 1 aromatic carbocycles. The highest BCUT2D eigenvalue weighted by Crippen LogP contribution is 2.42. The van der Waals surface area contributed by atoms with Gasteiger partial charge in [-0.1, -0.05) is 25.1 Å². The Labute approximate surface area is 124 Å². The van der Waals surface area contributed by atoms with Crippen molar-refractivity contribution in [1.29, 1.82) is 0 Å². The zero-order valence-corrected chi connectivity index (χ0v) is 12.6. The van der Waals surface area contributed by atoms with Crippen LogP contribution in [0.1, 0.15) is 36.9 Å². The van der Waals surface area contributed by atoms with Crippen LogP contribution in [0.2, 0.25) is 0 Å². The van der Waals surface area contributed by atoms with Gasteiger partial charge >= 0.3 is 6.18 Å². The number of nitrogens with one attached hydrogen (secondary N) is 1. The molecule has 1 aromatic rings. The Kier molecular flexibility index (Phi) is 5.27. The molecule has 1 heterocycles. The molecule has 118 valence electrons. The van der Waals surface area contributed by atoms with Crippen molar-refractivity contribution in [2.45, 2.75) is 32.0 Å². The Morgan fingerprint density at radius 2 is 2.00 bits per heavy atom. The van der Waals surface area contributed by atoms with Gasteiger partial charge in [0, 0.05) is 6.04 Å². The summed E-state index contributed by atoms with van der Waals surface area (Å²) < 4.78 is 39.9.